The first-order valence-electron chi connectivity index (χ1n) is 7.77. The van der Waals surface area contributed by atoms with E-state index in [2.05, 4.69) is 20.3 Å². The zero-order valence-corrected chi connectivity index (χ0v) is 14.1. The van der Waals surface area contributed by atoms with Crippen molar-refractivity contribution in [3.8, 4) is 0 Å². The molecule has 8 heteroatoms. The molecule has 0 spiro atoms. The van der Waals surface area contributed by atoms with Crippen molar-refractivity contribution in [1.82, 2.24) is 19.5 Å². The second-order valence-electron chi connectivity index (χ2n) is 5.69. The Hall–Kier alpha value is -3.29. The Labute approximate surface area is 142 Å². The maximum absolute atomic E-state index is 12.7. The molecule has 0 aliphatic carbocycles. The molecule has 0 saturated carbocycles. The third-order valence-corrected chi connectivity index (χ3v) is 3.92. The minimum Gasteiger partial charge on any atom is -0.307 e. The number of nitrogens with zero attached hydrogens (tertiary/aromatic N) is 3. The summed E-state index contributed by atoms with van der Waals surface area (Å²) in [5, 5.41) is 2.76. The maximum Gasteiger partial charge on any atom is 0.329 e. The number of amides is 1. The third kappa shape index (κ3) is 3.06. The second kappa shape index (κ2) is 6.31. The molecule has 1 amide bonds. The monoisotopic (exact) mass is 339 g/mol. The number of nitrogens with one attached hydrogen (secondary N) is 2. The Morgan fingerprint density at radius 3 is 2.80 bits per heavy atom. The first-order chi connectivity index (χ1) is 11.9. The number of aryl methyl sites for hydroxylation is 3. The lowest BCUT2D eigenvalue weighted by atomic mass is 10.1. The molecule has 0 bridgehead atoms. The molecule has 0 radical (unpaired) electrons. The largest absolute Gasteiger partial charge is 0.329 e. The number of carbonyl (C=O) groups is 1. The van der Waals surface area contributed by atoms with Gasteiger partial charge < -0.3 is 5.32 Å². The van der Waals surface area contributed by atoms with Crippen molar-refractivity contribution in [2.24, 2.45) is 7.05 Å². The van der Waals surface area contributed by atoms with Crippen LogP contribution < -0.4 is 16.6 Å². The van der Waals surface area contributed by atoms with Crippen LogP contribution in [0.5, 0.6) is 0 Å². The predicted molar refractivity (Wildman–Crippen MR) is 93.9 cm³/mol. The van der Waals surface area contributed by atoms with E-state index in [1.165, 1.54) is 17.7 Å². The molecule has 0 aliphatic heterocycles. The lowest BCUT2D eigenvalue weighted by Gasteiger charge is -2.10. The van der Waals surface area contributed by atoms with Gasteiger partial charge in [-0.3, -0.25) is 19.1 Å². The average Bonchev–Trinajstić information content (AvgIpc) is 2.59. The predicted octanol–water partition coefficient (Wildman–Crippen LogP) is 1.14. The van der Waals surface area contributed by atoms with Crippen LogP contribution in [-0.4, -0.2) is 25.4 Å². The smallest absolute Gasteiger partial charge is 0.307 e. The number of H-pyrrole nitrogens is 1. The second-order valence-corrected chi connectivity index (χ2v) is 5.69. The highest BCUT2D eigenvalue weighted by Crippen LogP contribution is 2.15. The van der Waals surface area contributed by atoms with E-state index in [9.17, 15) is 14.4 Å². The van der Waals surface area contributed by atoms with Gasteiger partial charge in [0.15, 0.2) is 0 Å². The van der Waals surface area contributed by atoms with Crippen molar-refractivity contribution in [2.45, 2.75) is 20.3 Å². The van der Waals surface area contributed by atoms with Gasteiger partial charge in [-0.15, -0.1) is 0 Å². The molecule has 0 atom stereocenters. The van der Waals surface area contributed by atoms with Crippen molar-refractivity contribution >= 4 is 22.8 Å². The lowest BCUT2D eigenvalue weighted by molar-refractivity contribution is 0.102. The SMILES string of the molecule is CCc1ccnc(NC(=O)c2cc(C)nc3c2c(=O)[nH]c(=O)n3C)c1. The molecule has 0 aliphatic rings. The highest BCUT2D eigenvalue weighted by molar-refractivity contribution is 6.11. The van der Waals surface area contributed by atoms with Crippen molar-refractivity contribution < 1.29 is 4.79 Å². The summed E-state index contributed by atoms with van der Waals surface area (Å²) in [6.07, 6.45) is 2.42. The quantitative estimate of drug-likeness (QED) is 0.743. The van der Waals surface area contributed by atoms with Crippen LogP contribution >= 0.6 is 0 Å². The summed E-state index contributed by atoms with van der Waals surface area (Å²) < 4.78 is 1.20. The third-order valence-electron chi connectivity index (χ3n) is 3.92. The van der Waals surface area contributed by atoms with Gasteiger partial charge in [0.25, 0.3) is 11.5 Å². The number of hydrogen-bond donors (Lipinski definition) is 2. The number of fused-ring (bicyclic) bond motifs is 1. The van der Waals surface area contributed by atoms with Gasteiger partial charge in [-0.2, -0.15) is 0 Å². The molecule has 128 valence electrons. The van der Waals surface area contributed by atoms with E-state index in [-0.39, 0.29) is 16.6 Å². The molecular formula is C17H17N5O3. The Morgan fingerprint density at radius 2 is 2.08 bits per heavy atom. The van der Waals surface area contributed by atoms with Crippen molar-refractivity contribution in [3.05, 3.63) is 62.1 Å². The Kier molecular flexibility index (Phi) is 4.18. The number of anilines is 1. The number of aromatic nitrogens is 4. The molecule has 0 aromatic carbocycles. The minimum absolute atomic E-state index is 0.0665. The van der Waals surface area contributed by atoms with Crippen LogP contribution in [0.2, 0.25) is 0 Å². The van der Waals surface area contributed by atoms with Crippen LogP contribution in [0.25, 0.3) is 11.0 Å². The highest BCUT2D eigenvalue weighted by atomic mass is 16.2. The normalized spacial score (nSPS) is 10.8. The fourth-order valence-electron chi connectivity index (χ4n) is 2.59. The summed E-state index contributed by atoms with van der Waals surface area (Å²) in [7, 11) is 1.49. The molecule has 0 unspecified atom stereocenters. The van der Waals surface area contributed by atoms with Crippen LogP contribution in [0, 0.1) is 6.92 Å². The molecule has 3 aromatic heterocycles. The summed E-state index contributed by atoms with van der Waals surface area (Å²) in [6.45, 7) is 3.69. The van der Waals surface area contributed by atoms with Crippen molar-refractivity contribution in [2.75, 3.05) is 5.32 Å². The molecule has 2 N–H and O–H groups in total. The number of rotatable bonds is 3. The number of aromatic amines is 1. The molecule has 25 heavy (non-hydrogen) atoms. The fraction of sp³-hybridized carbons (Fsp3) is 0.235. The fourth-order valence-corrected chi connectivity index (χ4v) is 2.59. The summed E-state index contributed by atoms with van der Waals surface area (Å²) >= 11 is 0. The first kappa shape index (κ1) is 16.6. The Balaban J connectivity index is 2.14. The molecular weight excluding hydrogens is 322 g/mol. The van der Waals surface area contributed by atoms with Gasteiger partial charge in [-0.05, 0) is 37.1 Å². The van der Waals surface area contributed by atoms with Gasteiger partial charge in [0, 0.05) is 18.9 Å². The van der Waals surface area contributed by atoms with Crippen molar-refractivity contribution in [1.29, 1.82) is 0 Å². The van der Waals surface area contributed by atoms with E-state index in [1.807, 2.05) is 13.0 Å². The average molecular weight is 339 g/mol. The van der Waals surface area contributed by atoms with E-state index >= 15 is 0 Å². The molecule has 3 aromatic rings. The summed E-state index contributed by atoms with van der Waals surface area (Å²) in [5.41, 5.74) is 0.623. The maximum atomic E-state index is 12.7. The molecule has 3 rings (SSSR count). The van der Waals surface area contributed by atoms with E-state index in [4.69, 9.17) is 0 Å². The van der Waals surface area contributed by atoms with Crippen LogP contribution in [-0.2, 0) is 13.5 Å². The van der Waals surface area contributed by atoms with Gasteiger partial charge >= 0.3 is 5.69 Å². The number of carbonyl (C=O) groups excluding carboxylic acids is 1. The minimum atomic E-state index is -0.647. The van der Waals surface area contributed by atoms with E-state index < -0.39 is 17.2 Å². The Morgan fingerprint density at radius 1 is 1.32 bits per heavy atom. The van der Waals surface area contributed by atoms with Gasteiger partial charge in [-0.1, -0.05) is 6.92 Å². The highest BCUT2D eigenvalue weighted by Gasteiger charge is 2.18. The van der Waals surface area contributed by atoms with Gasteiger partial charge in [0.1, 0.15) is 11.5 Å². The summed E-state index contributed by atoms with van der Waals surface area (Å²) in [4.78, 5) is 47.2. The first-order valence-corrected chi connectivity index (χ1v) is 7.77. The zero-order valence-electron chi connectivity index (χ0n) is 14.1. The molecule has 0 saturated heterocycles. The molecule has 0 fully saturated rings. The van der Waals surface area contributed by atoms with Crippen LogP contribution in [0.4, 0.5) is 5.82 Å². The summed E-state index contributed by atoms with van der Waals surface area (Å²) in [5.74, 6) is -0.0892. The number of pyridine rings is 2. The van der Waals surface area contributed by atoms with Crippen LogP contribution in [0.3, 0.4) is 0 Å². The molecule has 3 heterocycles. The van der Waals surface area contributed by atoms with Crippen LogP contribution in [0.1, 0.15) is 28.5 Å². The van der Waals surface area contributed by atoms with E-state index in [1.54, 1.807) is 19.2 Å². The Bertz CT molecular complexity index is 1100. The summed E-state index contributed by atoms with van der Waals surface area (Å²) in [6, 6.07) is 5.15. The lowest BCUT2D eigenvalue weighted by Crippen LogP contribution is -2.31. The van der Waals surface area contributed by atoms with Crippen LogP contribution in [0.15, 0.2) is 34.0 Å². The van der Waals surface area contributed by atoms with E-state index in [0.29, 0.717) is 11.5 Å². The van der Waals surface area contributed by atoms with Gasteiger partial charge in [0.2, 0.25) is 0 Å². The number of hydrogen-bond acceptors (Lipinski definition) is 5. The molecule has 8 nitrogen and oxygen atoms in total. The zero-order chi connectivity index (χ0) is 18.1. The van der Waals surface area contributed by atoms with E-state index in [0.717, 1.165) is 12.0 Å². The topological polar surface area (TPSA) is 110 Å². The van der Waals surface area contributed by atoms with Crippen molar-refractivity contribution in [3.63, 3.8) is 0 Å². The standard InChI is InChI=1S/C17H17N5O3/c1-4-10-5-6-18-12(8-10)20-15(23)11-7-9(2)19-14-13(11)16(24)21-17(25)22(14)3/h5-8H,4H2,1-3H3,(H,18,20,23)(H,21,24,25). The van der Waals surface area contributed by atoms with Gasteiger partial charge in [0.05, 0.1) is 10.9 Å². The van der Waals surface area contributed by atoms with Gasteiger partial charge in [-0.25, -0.2) is 14.8 Å².